The third-order valence-electron chi connectivity index (χ3n) is 2.68. The molecule has 78 valence electrons. The molecular weight excluding hydrogens is 178 g/mol. The molecule has 3 heteroatoms. The normalized spacial score (nSPS) is 16.4. The summed E-state index contributed by atoms with van der Waals surface area (Å²) < 4.78 is 0. The van der Waals surface area contributed by atoms with Crippen molar-refractivity contribution in [1.82, 2.24) is 0 Å². The number of benzene rings is 1. The van der Waals surface area contributed by atoms with E-state index in [0.717, 1.165) is 0 Å². The Bertz CT molecular complexity index is 309. The van der Waals surface area contributed by atoms with Crippen molar-refractivity contribution >= 4 is 0 Å². The van der Waals surface area contributed by atoms with E-state index in [-0.39, 0.29) is 5.75 Å². The van der Waals surface area contributed by atoms with Crippen LogP contribution in [0, 0.1) is 0 Å². The summed E-state index contributed by atoms with van der Waals surface area (Å²) in [5, 5.41) is 19.3. The summed E-state index contributed by atoms with van der Waals surface area (Å²) in [6, 6.07) is 6.42. The van der Waals surface area contributed by atoms with Crippen molar-refractivity contribution in [3.63, 3.8) is 0 Å². The first-order valence-electron chi connectivity index (χ1n) is 4.56. The van der Waals surface area contributed by atoms with Gasteiger partial charge in [-0.1, -0.05) is 12.1 Å². The molecule has 1 unspecified atom stereocenters. The third kappa shape index (κ3) is 1.89. The second-order valence-electron chi connectivity index (χ2n) is 4.34. The first kappa shape index (κ1) is 11.0. The molecule has 0 bridgehead atoms. The molecular formula is C11H17NO2. The molecule has 0 aliphatic heterocycles. The quantitative estimate of drug-likeness (QED) is 0.667. The minimum Gasteiger partial charge on any atom is -0.508 e. The number of aliphatic hydroxyl groups is 1. The first-order chi connectivity index (χ1) is 6.25. The highest BCUT2D eigenvalue weighted by Gasteiger charge is 2.37. The Balaban J connectivity index is 3.10. The number of aromatic hydroxyl groups is 1. The van der Waals surface area contributed by atoms with Crippen LogP contribution >= 0.6 is 0 Å². The molecule has 1 aromatic rings. The van der Waals surface area contributed by atoms with Gasteiger partial charge < -0.3 is 15.9 Å². The fraction of sp³-hybridized carbons (Fsp3) is 0.455. The van der Waals surface area contributed by atoms with Gasteiger partial charge in [0.2, 0.25) is 0 Å². The molecule has 4 N–H and O–H groups in total. The number of rotatable bonds is 2. The second-order valence-corrected chi connectivity index (χ2v) is 4.34. The summed E-state index contributed by atoms with van der Waals surface area (Å²) in [7, 11) is 0. The molecule has 0 aromatic heterocycles. The molecule has 0 spiro atoms. The number of hydrogen-bond donors (Lipinski definition) is 3. The van der Waals surface area contributed by atoms with Gasteiger partial charge in [-0.2, -0.15) is 0 Å². The van der Waals surface area contributed by atoms with Crippen molar-refractivity contribution in [3.8, 4) is 5.75 Å². The molecule has 0 heterocycles. The highest BCUT2D eigenvalue weighted by Crippen LogP contribution is 2.31. The van der Waals surface area contributed by atoms with Crippen LogP contribution in [0.3, 0.4) is 0 Å². The first-order valence-corrected chi connectivity index (χ1v) is 4.56. The molecule has 0 fully saturated rings. The van der Waals surface area contributed by atoms with E-state index >= 15 is 0 Å². The van der Waals surface area contributed by atoms with Gasteiger partial charge in [-0.25, -0.2) is 0 Å². The van der Waals surface area contributed by atoms with E-state index in [1.54, 1.807) is 32.9 Å². The van der Waals surface area contributed by atoms with Crippen molar-refractivity contribution in [3.05, 3.63) is 29.8 Å². The molecule has 0 amide bonds. The summed E-state index contributed by atoms with van der Waals surface area (Å²) in [4.78, 5) is 0. The van der Waals surface area contributed by atoms with Crippen molar-refractivity contribution in [2.24, 2.45) is 5.73 Å². The number of phenols is 1. The zero-order chi connectivity index (χ0) is 11.0. The van der Waals surface area contributed by atoms with Gasteiger partial charge in [0.1, 0.15) is 11.4 Å². The fourth-order valence-corrected chi connectivity index (χ4v) is 1.16. The van der Waals surface area contributed by atoms with Gasteiger partial charge in [0.15, 0.2) is 0 Å². The number of hydrogen-bond acceptors (Lipinski definition) is 3. The lowest BCUT2D eigenvalue weighted by Gasteiger charge is -2.37. The van der Waals surface area contributed by atoms with Gasteiger partial charge in [0.05, 0.1) is 0 Å². The minimum absolute atomic E-state index is 0.180. The SMILES string of the molecule is CC(C)(N)C(C)(O)c1ccc(O)cc1. The molecule has 0 saturated heterocycles. The Morgan fingerprint density at radius 2 is 1.50 bits per heavy atom. The molecule has 0 aliphatic carbocycles. The van der Waals surface area contributed by atoms with E-state index in [1.807, 2.05) is 0 Å². The smallest absolute Gasteiger partial charge is 0.115 e. The van der Waals surface area contributed by atoms with Crippen LogP contribution in [0.1, 0.15) is 26.3 Å². The van der Waals surface area contributed by atoms with E-state index in [2.05, 4.69) is 0 Å². The Labute approximate surface area is 84.2 Å². The lowest BCUT2D eigenvalue weighted by atomic mass is 9.79. The minimum atomic E-state index is -1.11. The average molecular weight is 195 g/mol. The fourth-order valence-electron chi connectivity index (χ4n) is 1.16. The Hall–Kier alpha value is -1.06. The largest absolute Gasteiger partial charge is 0.508 e. The topological polar surface area (TPSA) is 66.5 Å². The van der Waals surface area contributed by atoms with Gasteiger partial charge in [-0.3, -0.25) is 0 Å². The molecule has 14 heavy (non-hydrogen) atoms. The van der Waals surface area contributed by atoms with Crippen molar-refractivity contribution in [2.75, 3.05) is 0 Å². The predicted molar refractivity (Wildman–Crippen MR) is 55.9 cm³/mol. The number of nitrogens with two attached hydrogens (primary N) is 1. The standard InChI is InChI=1S/C11H17NO2/c1-10(2,12)11(3,14)8-4-6-9(13)7-5-8/h4-7,13-14H,12H2,1-3H3. The highest BCUT2D eigenvalue weighted by atomic mass is 16.3. The summed E-state index contributed by atoms with van der Waals surface area (Å²) >= 11 is 0. The van der Waals surface area contributed by atoms with Crippen molar-refractivity contribution in [2.45, 2.75) is 31.9 Å². The maximum Gasteiger partial charge on any atom is 0.115 e. The highest BCUT2D eigenvalue weighted by molar-refractivity contribution is 5.31. The molecule has 0 radical (unpaired) electrons. The average Bonchev–Trinajstić information content (AvgIpc) is 2.03. The zero-order valence-electron chi connectivity index (χ0n) is 8.78. The van der Waals surface area contributed by atoms with Crippen LogP contribution in [-0.2, 0) is 5.60 Å². The third-order valence-corrected chi connectivity index (χ3v) is 2.68. The van der Waals surface area contributed by atoms with Crippen molar-refractivity contribution < 1.29 is 10.2 Å². The molecule has 0 aliphatic rings. The van der Waals surface area contributed by atoms with Crippen LogP contribution < -0.4 is 5.73 Å². The molecule has 0 saturated carbocycles. The van der Waals surface area contributed by atoms with E-state index in [9.17, 15) is 5.11 Å². The Kier molecular flexibility index (Phi) is 2.56. The van der Waals surface area contributed by atoms with Crippen LogP contribution in [0.4, 0.5) is 0 Å². The van der Waals surface area contributed by atoms with E-state index in [4.69, 9.17) is 10.8 Å². The van der Waals surface area contributed by atoms with Crippen molar-refractivity contribution in [1.29, 1.82) is 0 Å². The van der Waals surface area contributed by atoms with Gasteiger partial charge in [-0.05, 0) is 38.5 Å². The summed E-state index contributed by atoms with van der Waals surface area (Å²) in [6.07, 6.45) is 0. The Morgan fingerprint density at radius 1 is 1.07 bits per heavy atom. The van der Waals surface area contributed by atoms with Crippen LogP contribution in [0.2, 0.25) is 0 Å². The molecule has 1 rings (SSSR count). The van der Waals surface area contributed by atoms with Gasteiger partial charge in [0, 0.05) is 5.54 Å². The second kappa shape index (κ2) is 3.26. The van der Waals surface area contributed by atoms with Gasteiger partial charge in [-0.15, -0.1) is 0 Å². The lowest BCUT2D eigenvalue weighted by Crippen LogP contribution is -2.52. The molecule has 1 aromatic carbocycles. The summed E-state index contributed by atoms with van der Waals surface area (Å²) in [5.41, 5.74) is 4.73. The lowest BCUT2D eigenvalue weighted by molar-refractivity contribution is -0.00872. The Morgan fingerprint density at radius 3 is 1.86 bits per heavy atom. The summed E-state index contributed by atoms with van der Waals surface area (Å²) in [6.45, 7) is 5.19. The van der Waals surface area contributed by atoms with Crippen LogP contribution in [0.15, 0.2) is 24.3 Å². The zero-order valence-corrected chi connectivity index (χ0v) is 8.78. The molecule has 1 atom stereocenters. The number of phenolic OH excluding ortho intramolecular Hbond substituents is 1. The van der Waals surface area contributed by atoms with E-state index < -0.39 is 11.1 Å². The summed E-state index contributed by atoms with van der Waals surface area (Å²) in [5.74, 6) is 0.180. The van der Waals surface area contributed by atoms with Crippen LogP contribution in [0.5, 0.6) is 5.75 Å². The maximum absolute atomic E-state index is 10.2. The van der Waals surface area contributed by atoms with Gasteiger partial charge in [0.25, 0.3) is 0 Å². The monoisotopic (exact) mass is 195 g/mol. The van der Waals surface area contributed by atoms with Crippen LogP contribution in [-0.4, -0.2) is 15.8 Å². The maximum atomic E-state index is 10.2. The van der Waals surface area contributed by atoms with Gasteiger partial charge >= 0.3 is 0 Å². The predicted octanol–water partition coefficient (Wildman–Crippen LogP) is 1.34. The molecule has 3 nitrogen and oxygen atoms in total. The van der Waals surface area contributed by atoms with Crippen LogP contribution in [0.25, 0.3) is 0 Å². The van der Waals surface area contributed by atoms with E-state index in [1.165, 1.54) is 12.1 Å². The van der Waals surface area contributed by atoms with E-state index in [0.29, 0.717) is 5.56 Å².